The van der Waals surface area contributed by atoms with Gasteiger partial charge in [-0.25, -0.2) is 4.68 Å². The van der Waals surface area contributed by atoms with E-state index in [1.54, 1.807) is 4.68 Å². The van der Waals surface area contributed by atoms with Crippen molar-refractivity contribution in [2.24, 2.45) is 0 Å². The third-order valence-corrected chi connectivity index (χ3v) is 6.32. The monoisotopic (exact) mass is 471 g/mol. The molecule has 2 aromatic carbocycles. The van der Waals surface area contributed by atoms with E-state index in [9.17, 15) is 4.79 Å². The second kappa shape index (κ2) is 10.1. The first-order chi connectivity index (χ1) is 17.1. The van der Waals surface area contributed by atoms with Crippen LogP contribution in [0, 0.1) is 13.8 Å². The van der Waals surface area contributed by atoms with Gasteiger partial charge in [-0.2, -0.15) is 9.78 Å². The highest BCUT2D eigenvalue weighted by molar-refractivity contribution is 5.92. The number of amides is 1. The van der Waals surface area contributed by atoms with Crippen molar-refractivity contribution < 1.29 is 4.79 Å². The molecular weight excluding hydrogens is 442 g/mol. The first-order valence-electron chi connectivity index (χ1n) is 11.8. The number of tetrazole rings is 1. The lowest BCUT2D eigenvalue weighted by Crippen LogP contribution is -2.47. The molecule has 1 saturated heterocycles. The molecule has 180 valence electrons. The van der Waals surface area contributed by atoms with Crippen LogP contribution >= 0.6 is 0 Å². The van der Waals surface area contributed by atoms with Gasteiger partial charge in [0.25, 0.3) is 0 Å². The number of nitrogens with zero attached hydrogens (tertiary/aromatic N) is 8. The summed E-state index contributed by atoms with van der Waals surface area (Å²) in [6.07, 6.45) is 0.428. The van der Waals surface area contributed by atoms with Crippen LogP contribution in [0.5, 0.6) is 0 Å². The van der Waals surface area contributed by atoms with Crippen LogP contribution in [0.25, 0.3) is 11.4 Å². The van der Waals surface area contributed by atoms with E-state index in [2.05, 4.69) is 35.7 Å². The molecular formula is C25H29N9O. The Bertz CT molecular complexity index is 1280. The van der Waals surface area contributed by atoms with Crippen LogP contribution in [0.15, 0.2) is 60.7 Å². The number of para-hydroxylation sites is 2. The number of hydrogen-bond donors (Lipinski definition) is 1. The first-order valence-corrected chi connectivity index (χ1v) is 11.8. The molecule has 0 radical (unpaired) electrons. The zero-order chi connectivity index (χ0) is 24.2. The van der Waals surface area contributed by atoms with Gasteiger partial charge in [0.05, 0.1) is 28.5 Å². The Balaban J connectivity index is 1.14. The Hall–Kier alpha value is -4.05. The van der Waals surface area contributed by atoms with Gasteiger partial charge in [-0.3, -0.25) is 9.69 Å². The third-order valence-electron chi connectivity index (χ3n) is 6.32. The normalized spacial score (nSPS) is 14.3. The van der Waals surface area contributed by atoms with Crippen molar-refractivity contribution >= 4 is 17.5 Å². The fraction of sp³-hybridized carbons (Fsp3) is 0.320. The maximum Gasteiger partial charge on any atom is 0.250 e. The number of aromatic nitrogens is 6. The summed E-state index contributed by atoms with van der Waals surface area (Å²) < 4.78 is 3.64. The predicted molar refractivity (Wildman–Crippen MR) is 134 cm³/mol. The summed E-state index contributed by atoms with van der Waals surface area (Å²) in [6, 6.07) is 19.8. The lowest BCUT2D eigenvalue weighted by Gasteiger charge is -2.34. The highest BCUT2D eigenvalue weighted by atomic mass is 16.1. The van der Waals surface area contributed by atoms with Crippen molar-refractivity contribution in [3.05, 3.63) is 72.1 Å². The van der Waals surface area contributed by atoms with E-state index in [4.69, 9.17) is 0 Å². The number of anilines is 2. The second-order valence-electron chi connectivity index (χ2n) is 8.65. The molecule has 1 aliphatic rings. The summed E-state index contributed by atoms with van der Waals surface area (Å²) >= 11 is 0. The van der Waals surface area contributed by atoms with E-state index >= 15 is 0 Å². The largest absolute Gasteiger partial charge is 0.337 e. The minimum atomic E-state index is -0.000683. The molecule has 0 spiro atoms. The quantitative estimate of drug-likeness (QED) is 0.443. The Labute approximate surface area is 204 Å². The Kier molecular flexibility index (Phi) is 6.53. The second-order valence-corrected chi connectivity index (χ2v) is 8.65. The van der Waals surface area contributed by atoms with E-state index in [1.165, 1.54) is 0 Å². The van der Waals surface area contributed by atoms with Crippen LogP contribution in [0.2, 0.25) is 0 Å². The molecule has 3 heterocycles. The van der Waals surface area contributed by atoms with Gasteiger partial charge in [0.1, 0.15) is 0 Å². The average Bonchev–Trinajstić information content (AvgIpc) is 3.50. The fourth-order valence-corrected chi connectivity index (χ4v) is 4.39. The molecule has 35 heavy (non-hydrogen) atoms. The average molecular weight is 472 g/mol. The predicted octanol–water partition coefficient (Wildman–Crippen LogP) is 2.62. The molecule has 0 saturated carbocycles. The van der Waals surface area contributed by atoms with Crippen LogP contribution in [0.4, 0.5) is 11.6 Å². The lowest BCUT2D eigenvalue weighted by molar-refractivity contribution is -0.116. The van der Waals surface area contributed by atoms with E-state index in [1.807, 2.05) is 79.2 Å². The van der Waals surface area contributed by atoms with Gasteiger partial charge >= 0.3 is 0 Å². The van der Waals surface area contributed by atoms with E-state index in [0.29, 0.717) is 13.0 Å². The van der Waals surface area contributed by atoms with Gasteiger partial charge in [-0.05, 0) is 48.5 Å². The summed E-state index contributed by atoms with van der Waals surface area (Å²) in [7, 11) is 0. The summed E-state index contributed by atoms with van der Waals surface area (Å²) in [5.41, 5.74) is 4.44. The maximum absolute atomic E-state index is 12.7. The van der Waals surface area contributed by atoms with Crippen molar-refractivity contribution in [1.82, 2.24) is 34.9 Å². The summed E-state index contributed by atoms with van der Waals surface area (Å²) in [6.45, 7) is 7.90. The minimum absolute atomic E-state index is 0.000683. The molecule has 0 atom stereocenters. The fourth-order valence-electron chi connectivity index (χ4n) is 4.39. The standard InChI is InChI=1S/C25H29N9O/c1-19-24(20(2)33(28-19)21-9-5-3-6-10-21)26-23(35)13-14-31-15-17-32(18-16-31)25-27-29-30-34(25)22-11-7-4-8-12-22/h3-12H,13-18H2,1-2H3,(H,26,35). The molecule has 1 N–H and O–H groups in total. The lowest BCUT2D eigenvalue weighted by atomic mass is 10.2. The molecule has 0 bridgehead atoms. The molecule has 5 rings (SSSR count). The van der Waals surface area contributed by atoms with Crippen molar-refractivity contribution in [2.45, 2.75) is 20.3 Å². The van der Waals surface area contributed by atoms with Gasteiger partial charge in [0.2, 0.25) is 11.9 Å². The number of hydrogen-bond acceptors (Lipinski definition) is 7. The number of nitrogens with one attached hydrogen (secondary N) is 1. The number of aryl methyl sites for hydroxylation is 1. The van der Waals surface area contributed by atoms with Crippen LogP contribution < -0.4 is 10.2 Å². The van der Waals surface area contributed by atoms with Crippen LogP contribution in [-0.2, 0) is 4.79 Å². The van der Waals surface area contributed by atoms with E-state index in [0.717, 1.165) is 60.6 Å². The summed E-state index contributed by atoms with van der Waals surface area (Å²) in [4.78, 5) is 17.2. The summed E-state index contributed by atoms with van der Waals surface area (Å²) in [5, 5.41) is 20.0. The number of rotatable bonds is 7. The summed E-state index contributed by atoms with van der Waals surface area (Å²) in [5.74, 6) is 0.745. The van der Waals surface area contributed by atoms with Gasteiger partial charge in [0.15, 0.2) is 0 Å². The zero-order valence-corrected chi connectivity index (χ0v) is 20.0. The van der Waals surface area contributed by atoms with Crippen molar-refractivity contribution in [3.8, 4) is 11.4 Å². The van der Waals surface area contributed by atoms with E-state index in [-0.39, 0.29) is 5.91 Å². The molecule has 10 nitrogen and oxygen atoms in total. The number of piperazine rings is 1. The Morgan fingerprint density at radius 3 is 2.17 bits per heavy atom. The van der Waals surface area contributed by atoms with Gasteiger partial charge in [-0.15, -0.1) is 0 Å². The van der Waals surface area contributed by atoms with Gasteiger partial charge in [0, 0.05) is 39.1 Å². The SMILES string of the molecule is Cc1nn(-c2ccccc2)c(C)c1NC(=O)CCN1CCN(c2nnnn2-c2ccccc2)CC1. The molecule has 0 aliphatic carbocycles. The molecule has 10 heteroatoms. The minimum Gasteiger partial charge on any atom is -0.337 e. The molecule has 4 aromatic rings. The maximum atomic E-state index is 12.7. The van der Waals surface area contributed by atoms with Gasteiger partial charge < -0.3 is 10.2 Å². The van der Waals surface area contributed by atoms with Crippen LogP contribution in [0.3, 0.4) is 0 Å². The molecule has 1 aliphatic heterocycles. The number of benzene rings is 2. The molecule has 1 amide bonds. The molecule has 2 aromatic heterocycles. The zero-order valence-electron chi connectivity index (χ0n) is 20.0. The van der Waals surface area contributed by atoms with Crippen molar-refractivity contribution in [3.63, 3.8) is 0 Å². The number of carbonyl (C=O) groups is 1. The highest BCUT2D eigenvalue weighted by Crippen LogP contribution is 2.23. The van der Waals surface area contributed by atoms with Crippen LogP contribution in [0.1, 0.15) is 17.8 Å². The topological polar surface area (TPSA) is 97.0 Å². The van der Waals surface area contributed by atoms with Crippen molar-refractivity contribution in [1.29, 1.82) is 0 Å². The first kappa shape index (κ1) is 22.7. The Morgan fingerprint density at radius 2 is 1.51 bits per heavy atom. The van der Waals surface area contributed by atoms with E-state index < -0.39 is 0 Å². The number of carbonyl (C=O) groups excluding carboxylic acids is 1. The molecule has 1 fully saturated rings. The van der Waals surface area contributed by atoms with Gasteiger partial charge in [-0.1, -0.05) is 41.5 Å². The highest BCUT2D eigenvalue weighted by Gasteiger charge is 2.23. The third kappa shape index (κ3) is 4.92. The smallest absolute Gasteiger partial charge is 0.250 e. The molecule has 0 unspecified atom stereocenters. The van der Waals surface area contributed by atoms with Crippen molar-refractivity contribution in [2.75, 3.05) is 42.9 Å². The Morgan fingerprint density at radius 1 is 0.886 bits per heavy atom. The van der Waals surface area contributed by atoms with Crippen LogP contribution in [-0.4, -0.2) is 73.5 Å².